The molecule has 0 aliphatic carbocycles. The third-order valence-electron chi connectivity index (χ3n) is 3.82. The van der Waals surface area contributed by atoms with Crippen LogP contribution in [0.25, 0.3) is 0 Å². The molecule has 23 heavy (non-hydrogen) atoms. The Morgan fingerprint density at radius 1 is 1.30 bits per heavy atom. The van der Waals surface area contributed by atoms with Crippen molar-refractivity contribution in [1.82, 2.24) is 14.7 Å². The van der Waals surface area contributed by atoms with Crippen LogP contribution in [0.1, 0.15) is 23.9 Å². The number of hydrogen-bond donors (Lipinski definition) is 1. The predicted octanol–water partition coefficient (Wildman–Crippen LogP) is 3.26. The molecule has 5 nitrogen and oxygen atoms in total. The number of aromatic nitrogens is 2. The van der Waals surface area contributed by atoms with E-state index < -0.39 is 0 Å². The van der Waals surface area contributed by atoms with E-state index in [1.54, 1.807) is 0 Å². The van der Waals surface area contributed by atoms with Crippen molar-refractivity contribution in [3.8, 4) is 5.75 Å². The highest BCUT2D eigenvalue weighted by Gasteiger charge is 2.13. The van der Waals surface area contributed by atoms with E-state index in [1.807, 2.05) is 61.8 Å². The fourth-order valence-corrected chi connectivity index (χ4v) is 2.56. The van der Waals surface area contributed by atoms with Gasteiger partial charge >= 0.3 is 0 Å². The lowest BCUT2D eigenvalue weighted by atomic mass is 10.2. The third-order valence-corrected chi connectivity index (χ3v) is 4.23. The monoisotopic (exact) mass is 332 g/mol. The first-order chi connectivity index (χ1) is 10.9. The van der Waals surface area contributed by atoms with Gasteiger partial charge in [-0.1, -0.05) is 0 Å². The molecule has 0 aliphatic heterocycles. The number of benzene rings is 1. The van der Waals surface area contributed by atoms with E-state index >= 15 is 0 Å². The van der Waals surface area contributed by atoms with Crippen LogP contribution in [0.4, 0.5) is 5.69 Å². The number of aryl methyl sites for hydroxylation is 2. The molecule has 2 rings (SSSR count). The second-order valence-electron chi connectivity index (χ2n) is 5.52. The van der Waals surface area contributed by atoms with Gasteiger partial charge in [0.25, 0.3) is 0 Å². The van der Waals surface area contributed by atoms with Crippen LogP contribution in [-0.2, 0) is 13.6 Å². The first-order valence-corrected chi connectivity index (χ1v) is 8.07. The normalized spacial score (nSPS) is 10.5. The molecule has 1 aromatic carbocycles. The minimum absolute atomic E-state index is 0.664. The first-order valence-electron chi connectivity index (χ1n) is 7.66. The van der Waals surface area contributed by atoms with Crippen LogP contribution < -0.4 is 10.1 Å². The van der Waals surface area contributed by atoms with Crippen LogP contribution in [0.5, 0.6) is 5.75 Å². The molecule has 124 valence electrons. The van der Waals surface area contributed by atoms with Crippen LogP contribution in [-0.4, -0.2) is 33.4 Å². The minimum Gasteiger partial charge on any atom is -0.494 e. The lowest BCUT2D eigenvalue weighted by Crippen LogP contribution is -2.30. The summed E-state index contributed by atoms with van der Waals surface area (Å²) in [6, 6.07) is 7.80. The molecule has 0 fully saturated rings. The van der Waals surface area contributed by atoms with Crippen molar-refractivity contribution < 1.29 is 4.74 Å². The molecular formula is C17H24N4OS. The van der Waals surface area contributed by atoms with Crippen molar-refractivity contribution in [2.24, 2.45) is 7.05 Å². The molecule has 0 saturated carbocycles. The number of rotatable bonds is 5. The average Bonchev–Trinajstić information content (AvgIpc) is 2.76. The second kappa shape index (κ2) is 7.46. The van der Waals surface area contributed by atoms with Gasteiger partial charge in [0.05, 0.1) is 12.3 Å². The minimum atomic E-state index is 0.664. The summed E-state index contributed by atoms with van der Waals surface area (Å²) >= 11 is 5.49. The fourth-order valence-electron chi connectivity index (χ4n) is 2.38. The molecular weight excluding hydrogens is 308 g/mol. The van der Waals surface area contributed by atoms with Gasteiger partial charge in [-0.2, -0.15) is 5.10 Å². The summed E-state index contributed by atoms with van der Waals surface area (Å²) in [6.07, 6.45) is 0. The Hall–Kier alpha value is -2.08. The highest BCUT2D eigenvalue weighted by Crippen LogP contribution is 2.17. The van der Waals surface area contributed by atoms with Crippen LogP contribution in [0.15, 0.2) is 24.3 Å². The Morgan fingerprint density at radius 3 is 2.48 bits per heavy atom. The summed E-state index contributed by atoms with van der Waals surface area (Å²) in [5.74, 6) is 0.860. The van der Waals surface area contributed by atoms with Crippen LogP contribution in [0.2, 0.25) is 0 Å². The highest BCUT2D eigenvalue weighted by atomic mass is 32.1. The van der Waals surface area contributed by atoms with Gasteiger partial charge in [-0.3, -0.25) is 4.68 Å². The largest absolute Gasteiger partial charge is 0.494 e. The first kappa shape index (κ1) is 17.3. The summed E-state index contributed by atoms with van der Waals surface area (Å²) < 4.78 is 7.34. The van der Waals surface area contributed by atoms with Gasteiger partial charge in [0.1, 0.15) is 5.75 Å². The van der Waals surface area contributed by atoms with Crippen molar-refractivity contribution in [3.05, 3.63) is 41.2 Å². The highest BCUT2D eigenvalue weighted by molar-refractivity contribution is 7.80. The molecule has 1 aromatic heterocycles. The topological polar surface area (TPSA) is 42.3 Å². The maximum absolute atomic E-state index is 5.49. The van der Waals surface area contributed by atoms with E-state index in [4.69, 9.17) is 17.0 Å². The van der Waals surface area contributed by atoms with Gasteiger partial charge in [0, 0.05) is 37.6 Å². The summed E-state index contributed by atoms with van der Waals surface area (Å²) in [5, 5.41) is 8.38. The summed E-state index contributed by atoms with van der Waals surface area (Å²) in [6.45, 7) is 7.47. The smallest absolute Gasteiger partial charge is 0.173 e. The van der Waals surface area contributed by atoms with Crippen LogP contribution >= 0.6 is 12.2 Å². The maximum atomic E-state index is 5.49. The zero-order chi connectivity index (χ0) is 17.0. The predicted molar refractivity (Wildman–Crippen MR) is 98.0 cm³/mol. The lowest BCUT2D eigenvalue weighted by molar-refractivity contribution is 0.340. The maximum Gasteiger partial charge on any atom is 0.173 e. The molecule has 0 atom stereocenters. The number of ether oxygens (including phenoxy) is 1. The summed E-state index contributed by atoms with van der Waals surface area (Å²) in [4.78, 5) is 2.02. The van der Waals surface area contributed by atoms with E-state index in [-0.39, 0.29) is 0 Å². The Morgan fingerprint density at radius 2 is 1.96 bits per heavy atom. The Bertz CT molecular complexity index is 679. The van der Waals surface area contributed by atoms with Crippen LogP contribution in [0, 0.1) is 13.8 Å². The number of nitrogens with one attached hydrogen (secondary N) is 1. The van der Waals surface area contributed by atoms with Gasteiger partial charge in [-0.05, 0) is 57.3 Å². The van der Waals surface area contributed by atoms with E-state index in [1.165, 1.54) is 11.3 Å². The number of anilines is 1. The standard InChI is InChI=1S/C17H24N4OS/c1-6-22-15-9-7-14(8-10-15)18-17(23)20(4)11-16-12(2)19-21(5)13(16)3/h7-10H,6,11H2,1-5H3,(H,18,23). The van der Waals surface area contributed by atoms with Gasteiger partial charge in [0.2, 0.25) is 0 Å². The molecule has 1 N–H and O–H groups in total. The Kier molecular flexibility index (Phi) is 5.60. The Balaban J connectivity index is 1.99. The van der Waals surface area contributed by atoms with Gasteiger partial charge in [-0.25, -0.2) is 0 Å². The molecule has 0 saturated heterocycles. The van der Waals surface area contributed by atoms with Gasteiger partial charge in [0.15, 0.2) is 5.11 Å². The van der Waals surface area contributed by atoms with Crippen molar-refractivity contribution >= 4 is 23.0 Å². The summed E-state index contributed by atoms with van der Waals surface area (Å²) in [5.41, 5.74) is 4.37. The van der Waals surface area contributed by atoms with Gasteiger partial charge < -0.3 is 15.0 Å². The van der Waals surface area contributed by atoms with Crippen molar-refractivity contribution in [3.63, 3.8) is 0 Å². The third kappa shape index (κ3) is 4.22. The van der Waals surface area contributed by atoms with Crippen LogP contribution in [0.3, 0.4) is 0 Å². The molecule has 0 bridgehead atoms. The van der Waals surface area contributed by atoms with Crippen molar-refractivity contribution in [2.75, 3.05) is 19.0 Å². The molecule has 0 aliphatic rings. The average molecular weight is 332 g/mol. The lowest BCUT2D eigenvalue weighted by Gasteiger charge is -2.21. The van der Waals surface area contributed by atoms with E-state index in [2.05, 4.69) is 17.3 Å². The van der Waals surface area contributed by atoms with Gasteiger partial charge in [-0.15, -0.1) is 0 Å². The fraction of sp³-hybridized carbons (Fsp3) is 0.412. The summed E-state index contributed by atoms with van der Waals surface area (Å²) in [7, 11) is 3.94. The van der Waals surface area contributed by atoms with E-state index in [9.17, 15) is 0 Å². The SMILES string of the molecule is CCOc1ccc(NC(=S)N(C)Cc2c(C)nn(C)c2C)cc1. The zero-order valence-electron chi connectivity index (χ0n) is 14.4. The molecule has 1 heterocycles. The zero-order valence-corrected chi connectivity index (χ0v) is 15.2. The van der Waals surface area contributed by atoms with Crippen molar-refractivity contribution in [2.45, 2.75) is 27.3 Å². The Labute approximate surface area is 143 Å². The number of nitrogens with zero attached hydrogens (tertiary/aromatic N) is 3. The van der Waals surface area contributed by atoms with E-state index in [0.29, 0.717) is 11.7 Å². The molecule has 0 amide bonds. The molecule has 0 radical (unpaired) electrons. The van der Waals surface area contributed by atoms with E-state index in [0.717, 1.165) is 23.7 Å². The molecule has 0 unspecified atom stereocenters. The molecule has 2 aromatic rings. The molecule has 0 spiro atoms. The number of thiocarbonyl (C=S) groups is 1. The quantitative estimate of drug-likeness (QED) is 0.851. The second-order valence-corrected chi connectivity index (χ2v) is 5.90. The van der Waals surface area contributed by atoms with Crippen molar-refractivity contribution in [1.29, 1.82) is 0 Å². The molecule has 6 heteroatoms. The number of hydrogen-bond acceptors (Lipinski definition) is 3.